The van der Waals surface area contributed by atoms with Crippen LogP contribution in [0.2, 0.25) is 0 Å². The lowest BCUT2D eigenvalue weighted by molar-refractivity contribution is 0.154. The van der Waals surface area contributed by atoms with Gasteiger partial charge >= 0.3 is 0 Å². The SMILES string of the molecule is CSc1ccc(C(C)NCCN2CCN(C)CC2)cc1. The van der Waals surface area contributed by atoms with Crippen LogP contribution in [0.3, 0.4) is 0 Å². The number of nitrogens with one attached hydrogen (secondary N) is 1. The summed E-state index contributed by atoms with van der Waals surface area (Å²) < 4.78 is 0. The zero-order chi connectivity index (χ0) is 14.4. The highest BCUT2D eigenvalue weighted by molar-refractivity contribution is 7.98. The molecule has 112 valence electrons. The van der Waals surface area contributed by atoms with Gasteiger partial charge in [0.2, 0.25) is 0 Å². The van der Waals surface area contributed by atoms with Crippen LogP contribution in [0.25, 0.3) is 0 Å². The smallest absolute Gasteiger partial charge is 0.0292 e. The summed E-state index contributed by atoms with van der Waals surface area (Å²) in [7, 11) is 2.20. The van der Waals surface area contributed by atoms with Crippen LogP contribution in [-0.2, 0) is 0 Å². The molecule has 0 amide bonds. The quantitative estimate of drug-likeness (QED) is 0.811. The molecule has 1 atom stereocenters. The van der Waals surface area contributed by atoms with Gasteiger partial charge in [-0.05, 0) is 37.9 Å². The molecule has 1 aromatic carbocycles. The van der Waals surface area contributed by atoms with Crippen molar-refractivity contribution < 1.29 is 0 Å². The maximum Gasteiger partial charge on any atom is 0.0292 e. The molecule has 1 saturated heterocycles. The van der Waals surface area contributed by atoms with Gasteiger partial charge in [-0.15, -0.1) is 11.8 Å². The van der Waals surface area contributed by atoms with E-state index in [0.29, 0.717) is 6.04 Å². The monoisotopic (exact) mass is 293 g/mol. The van der Waals surface area contributed by atoms with Crippen molar-refractivity contribution in [2.75, 3.05) is 52.6 Å². The van der Waals surface area contributed by atoms with Crippen molar-refractivity contribution in [3.63, 3.8) is 0 Å². The molecule has 1 aliphatic heterocycles. The average molecular weight is 293 g/mol. The van der Waals surface area contributed by atoms with Crippen molar-refractivity contribution >= 4 is 11.8 Å². The zero-order valence-electron chi connectivity index (χ0n) is 12.9. The van der Waals surface area contributed by atoms with Gasteiger partial charge in [-0.25, -0.2) is 0 Å². The highest BCUT2D eigenvalue weighted by Crippen LogP contribution is 2.18. The van der Waals surface area contributed by atoms with Crippen molar-refractivity contribution in [2.24, 2.45) is 0 Å². The maximum atomic E-state index is 3.63. The summed E-state index contributed by atoms with van der Waals surface area (Å²) in [6.45, 7) is 9.27. The summed E-state index contributed by atoms with van der Waals surface area (Å²) in [5, 5.41) is 3.63. The first-order chi connectivity index (χ1) is 9.69. The Morgan fingerprint density at radius 3 is 2.40 bits per heavy atom. The van der Waals surface area contributed by atoms with E-state index in [4.69, 9.17) is 0 Å². The summed E-state index contributed by atoms with van der Waals surface area (Å²) in [4.78, 5) is 6.29. The predicted molar refractivity (Wildman–Crippen MR) is 88.6 cm³/mol. The number of benzene rings is 1. The zero-order valence-corrected chi connectivity index (χ0v) is 13.7. The van der Waals surface area contributed by atoms with Crippen LogP contribution in [0.5, 0.6) is 0 Å². The molecule has 1 N–H and O–H groups in total. The molecule has 3 nitrogen and oxygen atoms in total. The highest BCUT2D eigenvalue weighted by Gasteiger charge is 2.13. The second kappa shape index (κ2) is 8.03. The van der Waals surface area contributed by atoms with Crippen molar-refractivity contribution in [2.45, 2.75) is 17.9 Å². The molecule has 1 aromatic rings. The number of hydrogen-bond acceptors (Lipinski definition) is 4. The third-order valence-electron chi connectivity index (χ3n) is 4.09. The Morgan fingerprint density at radius 2 is 1.80 bits per heavy atom. The fourth-order valence-electron chi connectivity index (χ4n) is 2.52. The summed E-state index contributed by atoms with van der Waals surface area (Å²) in [5.74, 6) is 0. The van der Waals surface area contributed by atoms with E-state index in [0.717, 1.165) is 13.1 Å². The Labute approximate surface area is 127 Å². The van der Waals surface area contributed by atoms with Crippen LogP contribution in [0.15, 0.2) is 29.2 Å². The molecule has 1 aliphatic rings. The summed E-state index contributed by atoms with van der Waals surface area (Å²) in [6.07, 6.45) is 2.12. The first-order valence-corrected chi connectivity index (χ1v) is 8.70. The van der Waals surface area contributed by atoms with E-state index in [9.17, 15) is 0 Å². The maximum absolute atomic E-state index is 3.63. The number of likely N-dealkylation sites (N-methyl/N-ethyl adjacent to an activating group) is 1. The average Bonchev–Trinajstić information content (AvgIpc) is 2.49. The minimum absolute atomic E-state index is 0.429. The number of piperazine rings is 1. The van der Waals surface area contributed by atoms with Gasteiger partial charge in [0, 0.05) is 50.2 Å². The lowest BCUT2D eigenvalue weighted by atomic mass is 10.1. The van der Waals surface area contributed by atoms with Crippen molar-refractivity contribution in [3.8, 4) is 0 Å². The molecule has 0 radical (unpaired) electrons. The van der Waals surface area contributed by atoms with Crippen LogP contribution in [0.1, 0.15) is 18.5 Å². The molecule has 0 saturated carbocycles. The first kappa shape index (κ1) is 15.8. The summed E-state index contributed by atoms with van der Waals surface area (Å²) in [6, 6.07) is 9.31. The molecular weight excluding hydrogens is 266 g/mol. The van der Waals surface area contributed by atoms with Crippen LogP contribution < -0.4 is 5.32 Å². The first-order valence-electron chi connectivity index (χ1n) is 7.47. The minimum Gasteiger partial charge on any atom is -0.309 e. The van der Waals surface area contributed by atoms with Crippen molar-refractivity contribution in [1.82, 2.24) is 15.1 Å². The van der Waals surface area contributed by atoms with E-state index in [1.807, 2.05) is 0 Å². The van der Waals surface area contributed by atoms with Crippen LogP contribution in [-0.4, -0.2) is 62.4 Å². The third-order valence-corrected chi connectivity index (χ3v) is 4.83. The van der Waals surface area contributed by atoms with Gasteiger partial charge in [-0.1, -0.05) is 12.1 Å². The standard InChI is InChI=1S/C16H27N3S/c1-14(15-4-6-16(20-3)7-5-15)17-8-9-19-12-10-18(2)11-13-19/h4-7,14,17H,8-13H2,1-3H3. The lowest BCUT2D eigenvalue weighted by Crippen LogP contribution is -2.46. The van der Waals surface area contributed by atoms with Crippen LogP contribution >= 0.6 is 11.8 Å². The largest absolute Gasteiger partial charge is 0.309 e. The molecule has 2 rings (SSSR count). The van der Waals surface area contributed by atoms with Gasteiger partial charge in [-0.3, -0.25) is 4.90 Å². The Bertz CT molecular complexity index is 385. The predicted octanol–water partition coefficient (Wildman–Crippen LogP) is 2.31. The molecule has 0 bridgehead atoms. The molecule has 1 unspecified atom stereocenters. The van der Waals surface area contributed by atoms with Crippen molar-refractivity contribution in [3.05, 3.63) is 29.8 Å². The molecule has 0 aliphatic carbocycles. The van der Waals surface area contributed by atoms with E-state index in [1.54, 1.807) is 11.8 Å². The van der Waals surface area contributed by atoms with Crippen LogP contribution in [0, 0.1) is 0 Å². The normalized spacial score (nSPS) is 19.1. The van der Waals surface area contributed by atoms with Gasteiger partial charge in [0.15, 0.2) is 0 Å². The topological polar surface area (TPSA) is 18.5 Å². The fraction of sp³-hybridized carbons (Fsp3) is 0.625. The Morgan fingerprint density at radius 1 is 1.15 bits per heavy atom. The van der Waals surface area contributed by atoms with E-state index < -0.39 is 0 Å². The van der Waals surface area contributed by atoms with Gasteiger partial charge < -0.3 is 10.2 Å². The van der Waals surface area contributed by atoms with Gasteiger partial charge in [0.05, 0.1) is 0 Å². The molecule has 0 spiro atoms. The van der Waals surface area contributed by atoms with Gasteiger partial charge in [-0.2, -0.15) is 0 Å². The Kier molecular flexibility index (Phi) is 6.36. The molecule has 4 heteroatoms. The number of thioether (sulfide) groups is 1. The van der Waals surface area contributed by atoms with E-state index in [2.05, 4.69) is 59.6 Å². The Balaban J connectivity index is 1.70. The second-order valence-electron chi connectivity index (χ2n) is 5.59. The molecular formula is C16H27N3S. The van der Waals surface area contributed by atoms with Gasteiger partial charge in [0.1, 0.15) is 0 Å². The van der Waals surface area contributed by atoms with Gasteiger partial charge in [0.25, 0.3) is 0 Å². The third kappa shape index (κ3) is 4.77. The highest BCUT2D eigenvalue weighted by atomic mass is 32.2. The van der Waals surface area contributed by atoms with E-state index in [1.165, 1.54) is 36.6 Å². The summed E-state index contributed by atoms with van der Waals surface area (Å²) in [5.41, 5.74) is 1.38. The second-order valence-corrected chi connectivity index (χ2v) is 6.47. The van der Waals surface area contributed by atoms with Crippen LogP contribution in [0.4, 0.5) is 0 Å². The molecule has 20 heavy (non-hydrogen) atoms. The Hall–Kier alpha value is -0.550. The van der Waals surface area contributed by atoms with E-state index >= 15 is 0 Å². The lowest BCUT2D eigenvalue weighted by Gasteiger charge is -2.32. The van der Waals surface area contributed by atoms with Crippen molar-refractivity contribution in [1.29, 1.82) is 0 Å². The minimum atomic E-state index is 0.429. The summed E-state index contributed by atoms with van der Waals surface area (Å²) >= 11 is 1.79. The molecule has 0 aromatic heterocycles. The fourth-order valence-corrected chi connectivity index (χ4v) is 2.93. The number of nitrogens with zero attached hydrogens (tertiary/aromatic N) is 2. The number of rotatable bonds is 6. The number of hydrogen-bond donors (Lipinski definition) is 1. The molecule has 1 fully saturated rings. The van der Waals surface area contributed by atoms with E-state index in [-0.39, 0.29) is 0 Å². The molecule has 1 heterocycles.